The van der Waals surface area contributed by atoms with Gasteiger partial charge in [-0.2, -0.15) is 0 Å². The lowest BCUT2D eigenvalue weighted by Gasteiger charge is -2.05. The van der Waals surface area contributed by atoms with E-state index in [9.17, 15) is 4.79 Å². The molecular formula is C14H27BrO3. The molecule has 0 radical (unpaired) electrons. The van der Waals surface area contributed by atoms with Gasteiger partial charge >= 0.3 is 5.97 Å². The predicted octanol–water partition coefficient (Wildman–Crippen LogP) is 4.08. The number of hydrogen-bond donors (Lipinski definition) is 0. The highest BCUT2D eigenvalue weighted by molar-refractivity contribution is 9.09. The summed E-state index contributed by atoms with van der Waals surface area (Å²) in [4.78, 5) is 11.3. The van der Waals surface area contributed by atoms with Crippen molar-refractivity contribution in [3.63, 3.8) is 0 Å². The van der Waals surface area contributed by atoms with Crippen molar-refractivity contribution in [2.75, 3.05) is 25.2 Å². The molecule has 0 unspecified atom stereocenters. The van der Waals surface area contributed by atoms with Gasteiger partial charge in [-0.1, -0.05) is 61.4 Å². The Hall–Kier alpha value is -0.0900. The number of unbranched alkanes of at least 4 members (excludes halogenated alkanes) is 6. The number of esters is 1. The Kier molecular flexibility index (Phi) is 14.9. The molecule has 108 valence electrons. The zero-order valence-electron chi connectivity index (χ0n) is 11.6. The molecule has 0 aliphatic carbocycles. The van der Waals surface area contributed by atoms with E-state index in [1.807, 2.05) is 0 Å². The molecule has 18 heavy (non-hydrogen) atoms. The average Bonchev–Trinajstić information content (AvgIpc) is 2.37. The van der Waals surface area contributed by atoms with Gasteiger partial charge < -0.3 is 9.47 Å². The third-order valence-electron chi connectivity index (χ3n) is 2.70. The first kappa shape index (κ1) is 17.9. The van der Waals surface area contributed by atoms with Crippen LogP contribution < -0.4 is 0 Å². The quantitative estimate of drug-likeness (QED) is 0.291. The van der Waals surface area contributed by atoms with Crippen molar-refractivity contribution < 1.29 is 14.3 Å². The summed E-state index contributed by atoms with van der Waals surface area (Å²) in [5.41, 5.74) is 0. The number of carbonyl (C=O) groups excluding carboxylic acids is 1. The molecule has 0 aromatic heterocycles. The summed E-state index contributed by atoms with van der Waals surface area (Å²) in [6.45, 7) is 3.75. The van der Waals surface area contributed by atoms with Crippen LogP contribution in [0.25, 0.3) is 0 Å². The topological polar surface area (TPSA) is 35.5 Å². The van der Waals surface area contributed by atoms with Crippen molar-refractivity contribution in [1.29, 1.82) is 0 Å². The summed E-state index contributed by atoms with van der Waals surface area (Å²) in [6.07, 6.45) is 9.11. The first-order valence-electron chi connectivity index (χ1n) is 7.10. The third kappa shape index (κ3) is 14.0. The van der Waals surface area contributed by atoms with Gasteiger partial charge in [-0.25, -0.2) is 0 Å². The van der Waals surface area contributed by atoms with Gasteiger partial charge in [0.05, 0.1) is 13.2 Å². The summed E-state index contributed by atoms with van der Waals surface area (Å²) in [5, 5.41) is 0.818. The summed E-state index contributed by atoms with van der Waals surface area (Å²) in [7, 11) is 0. The summed E-state index contributed by atoms with van der Waals surface area (Å²) in [6, 6.07) is 0. The van der Waals surface area contributed by atoms with Crippen LogP contribution in [0.3, 0.4) is 0 Å². The maximum absolute atomic E-state index is 11.3. The number of rotatable bonds is 13. The highest BCUT2D eigenvalue weighted by Gasteiger charge is 2.02. The smallest absolute Gasteiger partial charge is 0.305 e. The van der Waals surface area contributed by atoms with Gasteiger partial charge in [0.25, 0.3) is 0 Å². The molecule has 0 spiro atoms. The molecule has 0 amide bonds. The molecule has 3 nitrogen and oxygen atoms in total. The number of carbonyl (C=O) groups is 1. The summed E-state index contributed by atoms with van der Waals surface area (Å²) >= 11 is 3.26. The number of ether oxygens (including phenoxy) is 2. The van der Waals surface area contributed by atoms with Crippen LogP contribution in [0.2, 0.25) is 0 Å². The Morgan fingerprint density at radius 1 is 0.944 bits per heavy atom. The molecule has 0 fully saturated rings. The van der Waals surface area contributed by atoms with Gasteiger partial charge in [-0.15, -0.1) is 0 Å². The van der Waals surface area contributed by atoms with Crippen molar-refractivity contribution in [3.05, 3.63) is 0 Å². The maximum Gasteiger partial charge on any atom is 0.305 e. The summed E-state index contributed by atoms with van der Waals surface area (Å²) < 4.78 is 10.2. The third-order valence-corrected chi connectivity index (χ3v) is 3.02. The normalized spacial score (nSPS) is 10.6. The van der Waals surface area contributed by atoms with E-state index < -0.39 is 0 Å². The Balaban J connectivity index is 3.12. The summed E-state index contributed by atoms with van der Waals surface area (Å²) in [5.74, 6) is -0.0917. The van der Waals surface area contributed by atoms with Gasteiger partial charge in [0.2, 0.25) is 0 Å². The van der Waals surface area contributed by atoms with Crippen molar-refractivity contribution >= 4 is 21.9 Å². The van der Waals surface area contributed by atoms with E-state index in [0.29, 0.717) is 26.2 Å². The van der Waals surface area contributed by atoms with E-state index >= 15 is 0 Å². The minimum Gasteiger partial charge on any atom is -0.463 e. The van der Waals surface area contributed by atoms with Gasteiger partial charge in [0, 0.05) is 11.8 Å². The standard InChI is InChI=1S/C14H27BrO3/c1-2-3-4-5-6-7-8-9-14(16)18-13-12-17-11-10-15/h2-13H2,1H3. The van der Waals surface area contributed by atoms with Crippen molar-refractivity contribution in [2.24, 2.45) is 0 Å². The van der Waals surface area contributed by atoms with Crippen molar-refractivity contribution in [2.45, 2.75) is 58.3 Å². The molecule has 4 heteroatoms. The molecule has 0 saturated carbocycles. The van der Waals surface area contributed by atoms with Crippen LogP contribution >= 0.6 is 15.9 Å². The van der Waals surface area contributed by atoms with E-state index in [0.717, 1.165) is 18.2 Å². The number of halogens is 1. The highest BCUT2D eigenvalue weighted by atomic mass is 79.9. The van der Waals surface area contributed by atoms with Gasteiger partial charge in [-0.3, -0.25) is 4.79 Å². The van der Waals surface area contributed by atoms with Crippen molar-refractivity contribution in [1.82, 2.24) is 0 Å². The van der Waals surface area contributed by atoms with E-state index in [1.165, 1.54) is 32.1 Å². The van der Waals surface area contributed by atoms with Crippen LogP contribution in [-0.4, -0.2) is 31.1 Å². The van der Waals surface area contributed by atoms with Crippen LogP contribution in [-0.2, 0) is 14.3 Å². The Morgan fingerprint density at radius 2 is 1.61 bits per heavy atom. The first-order chi connectivity index (χ1) is 8.81. The Labute approximate surface area is 120 Å². The Bertz CT molecular complexity index is 186. The minimum absolute atomic E-state index is 0.0917. The lowest BCUT2D eigenvalue weighted by molar-refractivity contribution is -0.145. The van der Waals surface area contributed by atoms with Crippen molar-refractivity contribution in [3.8, 4) is 0 Å². The maximum atomic E-state index is 11.3. The largest absolute Gasteiger partial charge is 0.463 e. The Morgan fingerprint density at radius 3 is 2.28 bits per heavy atom. The first-order valence-corrected chi connectivity index (χ1v) is 8.22. The number of hydrogen-bond acceptors (Lipinski definition) is 3. The fourth-order valence-corrected chi connectivity index (χ4v) is 1.90. The molecule has 0 saturated heterocycles. The molecule has 0 atom stereocenters. The fourth-order valence-electron chi connectivity index (χ4n) is 1.67. The van der Waals surface area contributed by atoms with Crippen LogP contribution in [0.15, 0.2) is 0 Å². The lowest BCUT2D eigenvalue weighted by Crippen LogP contribution is -2.11. The zero-order chi connectivity index (χ0) is 13.5. The van der Waals surface area contributed by atoms with Crippen LogP contribution in [0.1, 0.15) is 58.3 Å². The second-order valence-electron chi connectivity index (χ2n) is 4.39. The van der Waals surface area contributed by atoms with E-state index in [4.69, 9.17) is 9.47 Å². The van der Waals surface area contributed by atoms with E-state index in [-0.39, 0.29) is 5.97 Å². The fraction of sp³-hybridized carbons (Fsp3) is 0.929. The van der Waals surface area contributed by atoms with E-state index in [1.54, 1.807) is 0 Å². The minimum atomic E-state index is -0.0917. The lowest BCUT2D eigenvalue weighted by atomic mass is 10.1. The van der Waals surface area contributed by atoms with Gasteiger partial charge in [-0.05, 0) is 6.42 Å². The van der Waals surface area contributed by atoms with Gasteiger partial charge in [0.15, 0.2) is 0 Å². The second kappa shape index (κ2) is 15.0. The van der Waals surface area contributed by atoms with Gasteiger partial charge in [0.1, 0.15) is 6.61 Å². The van der Waals surface area contributed by atoms with Crippen LogP contribution in [0, 0.1) is 0 Å². The molecule has 0 bridgehead atoms. The molecule has 0 aliphatic rings. The van der Waals surface area contributed by atoms with Crippen LogP contribution in [0.4, 0.5) is 0 Å². The highest BCUT2D eigenvalue weighted by Crippen LogP contribution is 2.08. The zero-order valence-corrected chi connectivity index (χ0v) is 13.2. The predicted molar refractivity (Wildman–Crippen MR) is 78.2 cm³/mol. The monoisotopic (exact) mass is 322 g/mol. The second-order valence-corrected chi connectivity index (χ2v) is 5.19. The average molecular weight is 323 g/mol. The molecule has 0 aliphatic heterocycles. The molecule has 0 aromatic carbocycles. The van der Waals surface area contributed by atoms with E-state index in [2.05, 4.69) is 22.9 Å². The SMILES string of the molecule is CCCCCCCCCC(=O)OCCOCCBr. The van der Waals surface area contributed by atoms with Crippen LogP contribution in [0.5, 0.6) is 0 Å². The number of alkyl halides is 1. The molecule has 0 N–H and O–H groups in total. The molecule has 0 aromatic rings. The molecule has 0 heterocycles. The molecular weight excluding hydrogens is 296 g/mol. The molecule has 0 rings (SSSR count).